The quantitative estimate of drug-likeness (QED) is 0.585. The molecular formula is C17H27FN4O. The molecule has 0 spiro atoms. The summed E-state index contributed by atoms with van der Waals surface area (Å²) in [5.74, 6) is 0.317. The van der Waals surface area contributed by atoms with Gasteiger partial charge in [0, 0.05) is 38.8 Å². The van der Waals surface area contributed by atoms with Crippen LogP contribution in [-0.2, 0) is 6.54 Å². The minimum Gasteiger partial charge on any atom is -0.505 e. The van der Waals surface area contributed by atoms with Crippen molar-refractivity contribution in [1.82, 2.24) is 15.5 Å². The fourth-order valence-electron chi connectivity index (χ4n) is 2.83. The van der Waals surface area contributed by atoms with Gasteiger partial charge in [-0.2, -0.15) is 0 Å². The molecule has 1 aromatic carbocycles. The number of aliphatic imine (C=N–C) groups is 1. The van der Waals surface area contributed by atoms with E-state index in [1.807, 2.05) is 0 Å². The molecule has 0 saturated carbocycles. The molecule has 1 aliphatic heterocycles. The van der Waals surface area contributed by atoms with E-state index in [2.05, 4.69) is 41.3 Å². The first-order valence-corrected chi connectivity index (χ1v) is 8.09. The molecule has 2 rings (SSSR count). The average molecular weight is 322 g/mol. The molecule has 0 amide bonds. The molecule has 1 heterocycles. The van der Waals surface area contributed by atoms with E-state index in [4.69, 9.17) is 0 Å². The molecule has 1 aliphatic rings. The van der Waals surface area contributed by atoms with Gasteiger partial charge in [0.2, 0.25) is 0 Å². The summed E-state index contributed by atoms with van der Waals surface area (Å²) in [6.45, 7) is 9.18. The highest BCUT2D eigenvalue weighted by atomic mass is 19.1. The van der Waals surface area contributed by atoms with Crippen LogP contribution < -0.4 is 10.6 Å². The Labute approximate surface area is 137 Å². The van der Waals surface area contributed by atoms with Gasteiger partial charge in [0.1, 0.15) is 0 Å². The zero-order chi connectivity index (χ0) is 17.0. The van der Waals surface area contributed by atoms with Gasteiger partial charge in [0.05, 0.1) is 0 Å². The number of phenolic OH excluding ortho intramolecular Hbond substituents is 1. The summed E-state index contributed by atoms with van der Waals surface area (Å²) in [5.41, 5.74) is 0.756. The second kappa shape index (κ2) is 7.64. The third-order valence-electron chi connectivity index (χ3n) is 4.39. The van der Waals surface area contributed by atoms with Crippen LogP contribution in [0.4, 0.5) is 4.39 Å². The van der Waals surface area contributed by atoms with Crippen molar-refractivity contribution in [1.29, 1.82) is 0 Å². The maximum atomic E-state index is 13.4. The smallest absolute Gasteiger partial charge is 0.191 e. The van der Waals surface area contributed by atoms with Crippen molar-refractivity contribution >= 4 is 5.96 Å². The van der Waals surface area contributed by atoms with Crippen LogP contribution in [-0.4, -0.2) is 48.2 Å². The second-order valence-corrected chi connectivity index (χ2v) is 6.49. The van der Waals surface area contributed by atoms with Gasteiger partial charge in [-0.15, -0.1) is 0 Å². The number of hydrogen-bond donors (Lipinski definition) is 3. The highest BCUT2D eigenvalue weighted by Crippen LogP contribution is 2.19. The number of halogens is 1. The number of benzene rings is 1. The predicted octanol–water partition coefficient (Wildman–Crippen LogP) is 1.92. The van der Waals surface area contributed by atoms with E-state index < -0.39 is 5.82 Å². The van der Waals surface area contributed by atoms with Crippen molar-refractivity contribution in [3.05, 3.63) is 29.6 Å². The lowest BCUT2D eigenvalue weighted by molar-refractivity contribution is 0.265. The van der Waals surface area contributed by atoms with E-state index in [0.717, 1.165) is 18.7 Å². The topological polar surface area (TPSA) is 59.9 Å². The van der Waals surface area contributed by atoms with E-state index in [0.29, 0.717) is 30.5 Å². The molecule has 128 valence electrons. The normalized spacial score (nSPS) is 22.6. The zero-order valence-corrected chi connectivity index (χ0v) is 14.3. The molecule has 0 aromatic heterocycles. The van der Waals surface area contributed by atoms with Crippen LogP contribution in [0.25, 0.3) is 0 Å². The van der Waals surface area contributed by atoms with Crippen LogP contribution in [0.1, 0.15) is 26.3 Å². The number of phenols is 1. The maximum absolute atomic E-state index is 13.4. The van der Waals surface area contributed by atoms with Crippen LogP contribution in [0.5, 0.6) is 5.75 Å². The lowest BCUT2D eigenvalue weighted by Crippen LogP contribution is -2.46. The summed E-state index contributed by atoms with van der Waals surface area (Å²) in [6, 6.07) is 5.27. The van der Waals surface area contributed by atoms with Gasteiger partial charge < -0.3 is 15.7 Å². The lowest BCUT2D eigenvalue weighted by Gasteiger charge is -2.22. The van der Waals surface area contributed by atoms with Crippen molar-refractivity contribution in [3.8, 4) is 5.75 Å². The summed E-state index contributed by atoms with van der Waals surface area (Å²) < 4.78 is 13.4. The number of nitrogens with zero attached hydrogens (tertiary/aromatic N) is 2. The Morgan fingerprint density at radius 2 is 2.17 bits per heavy atom. The van der Waals surface area contributed by atoms with Gasteiger partial charge in [0.25, 0.3) is 0 Å². The van der Waals surface area contributed by atoms with Gasteiger partial charge in [-0.05, 0) is 37.5 Å². The highest BCUT2D eigenvalue weighted by Gasteiger charge is 2.31. The molecule has 2 unspecified atom stereocenters. The molecule has 0 aliphatic carbocycles. The Hall–Kier alpha value is -1.82. The number of guanidine groups is 1. The lowest BCUT2D eigenvalue weighted by atomic mass is 10.1. The van der Waals surface area contributed by atoms with Crippen molar-refractivity contribution < 1.29 is 9.50 Å². The summed E-state index contributed by atoms with van der Waals surface area (Å²) >= 11 is 0. The second-order valence-electron chi connectivity index (χ2n) is 6.49. The number of likely N-dealkylation sites (tertiary alicyclic amines) is 1. The third kappa shape index (κ3) is 4.58. The molecule has 23 heavy (non-hydrogen) atoms. The number of hydrogen-bond acceptors (Lipinski definition) is 3. The van der Waals surface area contributed by atoms with Gasteiger partial charge in [-0.1, -0.05) is 13.0 Å². The monoisotopic (exact) mass is 322 g/mol. The van der Waals surface area contributed by atoms with E-state index in [-0.39, 0.29) is 5.75 Å². The molecule has 1 aromatic rings. The van der Waals surface area contributed by atoms with Crippen molar-refractivity contribution in [2.75, 3.05) is 20.1 Å². The Morgan fingerprint density at radius 3 is 2.74 bits per heavy atom. The van der Waals surface area contributed by atoms with Crippen molar-refractivity contribution in [2.24, 2.45) is 10.9 Å². The summed E-state index contributed by atoms with van der Waals surface area (Å²) in [6.07, 6.45) is 0. The number of aromatic hydroxyl groups is 1. The first-order chi connectivity index (χ1) is 10.9. The Kier molecular flexibility index (Phi) is 5.82. The standard InChI is InChI=1S/C17H27FN4O/c1-11(2)22-9-12(3)15(10-22)21-17(19-4)20-8-13-5-6-16(23)14(18)7-13/h5-7,11-12,15,23H,8-10H2,1-4H3,(H2,19,20,21). The molecule has 1 saturated heterocycles. The zero-order valence-electron chi connectivity index (χ0n) is 14.3. The van der Waals surface area contributed by atoms with E-state index in [1.165, 1.54) is 12.1 Å². The van der Waals surface area contributed by atoms with Crippen LogP contribution in [0, 0.1) is 11.7 Å². The van der Waals surface area contributed by atoms with Gasteiger partial charge in [-0.3, -0.25) is 9.89 Å². The number of nitrogens with one attached hydrogen (secondary N) is 2. The van der Waals surface area contributed by atoms with Gasteiger partial charge in [-0.25, -0.2) is 4.39 Å². The van der Waals surface area contributed by atoms with E-state index in [1.54, 1.807) is 13.1 Å². The largest absolute Gasteiger partial charge is 0.505 e. The minimum atomic E-state index is -0.607. The SMILES string of the molecule is CN=C(NCc1ccc(O)c(F)c1)NC1CN(C(C)C)CC1C. The van der Waals surface area contributed by atoms with Crippen LogP contribution in [0.3, 0.4) is 0 Å². The number of rotatable bonds is 4. The predicted molar refractivity (Wildman–Crippen MR) is 91.1 cm³/mol. The van der Waals surface area contributed by atoms with Crippen LogP contribution in [0.15, 0.2) is 23.2 Å². The summed E-state index contributed by atoms with van der Waals surface area (Å²) in [5, 5.41) is 15.9. The molecule has 5 nitrogen and oxygen atoms in total. The first-order valence-electron chi connectivity index (χ1n) is 8.09. The Bertz CT molecular complexity index is 562. The van der Waals surface area contributed by atoms with E-state index in [9.17, 15) is 9.50 Å². The fourth-order valence-corrected chi connectivity index (χ4v) is 2.83. The van der Waals surface area contributed by atoms with Crippen molar-refractivity contribution in [2.45, 2.75) is 39.4 Å². The molecule has 1 fully saturated rings. The minimum absolute atomic E-state index is 0.329. The third-order valence-corrected chi connectivity index (χ3v) is 4.39. The highest BCUT2D eigenvalue weighted by molar-refractivity contribution is 5.80. The maximum Gasteiger partial charge on any atom is 0.191 e. The van der Waals surface area contributed by atoms with E-state index >= 15 is 0 Å². The molecule has 3 N–H and O–H groups in total. The first kappa shape index (κ1) is 17.5. The van der Waals surface area contributed by atoms with Gasteiger partial charge >= 0.3 is 0 Å². The van der Waals surface area contributed by atoms with Crippen LogP contribution >= 0.6 is 0 Å². The van der Waals surface area contributed by atoms with Crippen molar-refractivity contribution in [3.63, 3.8) is 0 Å². The fraction of sp³-hybridized carbons (Fsp3) is 0.588. The van der Waals surface area contributed by atoms with Gasteiger partial charge in [0.15, 0.2) is 17.5 Å². The van der Waals surface area contributed by atoms with Crippen LogP contribution in [0.2, 0.25) is 0 Å². The molecule has 0 bridgehead atoms. The summed E-state index contributed by atoms with van der Waals surface area (Å²) in [7, 11) is 1.73. The Morgan fingerprint density at radius 1 is 1.43 bits per heavy atom. The molecule has 0 radical (unpaired) electrons. The molecular weight excluding hydrogens is 295 g/mol. The Balaban J connectivity index is 1.89. The summed E-state index contributed by atoms with van der Waals surface area (Å²) in [4.78, 5) is 6.69. The average Bonchev–Trinajstić information content (AvgIpc) is 2.88. The molecule has 2 atom stereocenters. The molecule has 6 heteroatoms.